The van der Waals surface area contributed by atoms with Crippen molar-refractivity contribution < 1.29 is 10.2 Å². The first-order valence-corrected chi connectivity index (χ1v) is 14.3. The van der Waals surface area contributed by atoms with Crippen molar-refractivity contribution in [1.82, 2.24) is 5.32 Å². The Morgan fingerprint density at radius 3 is 1.10 bits per heavy atom. The van der Waals surface area contributed by atoms with Crippen LogP contribution in [0, 0.1) is 0 Å². The van der Waals surface area contributed by atoms with Gasteiger partial charge in [-0.1, -0.05) is 148 Å². The molecule has 0 aliphatic carbocycles. The van der Waals surface area contributed by atoms with Gasteiger partial charge in [0.05, 0.1) is 13.2 Å². The van der Waals surface area contributed by atoms with Gasteiger partial charge < -0.3 is 15.5 Å². The van der Waals surface area contributed by atoms with E-state index < -0.39 is 0 Å². The van der Waals surface area contributed by atoms with Gasteiger partial charge in [-0.25, -0.2) is 0 Å². The minimum Gasteiger partial charge on any atom is -0.395 e. The van der Waals surface area contributed by atoms with Crippen molar-refractivity contribution >= 4 is 0 Å². The highest BCUT2D eigenvalue weighted by Gasteiger charge is 2.05. The fourth-order valence-electron chi connectivity index (χ4n) is 4.53. The highest BCUT2D eigenvalue weighted by molar-refractivity contribution is 4.65. The predicted molar refractivity (Wildman–Crippen MR) is 138 cm³/mol. The molecule has 3 nitrogen and oxygen atoms in total. The van der Waals surface area contributed by atoms with Crippen molar-refractivity contribution in [2.45, 2.75) is 161 Å². The summed E-state index contributed by atoms with van der Waals surface area (Å²) in [7, 11) is 0. The molecule has 0 spiro atoms. The monoisotopic (exact) mass is 441 g/mol. The summed E-state index contributed by atoms with van der Waals surface area (Å²) in [5.74, 6) is 0. The Kier molecular flexibility index (Phi) is 27.8. The molecule has 3 N–H and O–H groups in total. The third-order valence-electron chi connectivity index (χ3n) is 6.67. The summed E-state index contributed by atoms with van der Waals surface area (Å²) in [6.07, 6.45) is 32.2. The first kappa shape index (κ1) is 30.9. The van der Waals surface area contributed by atoms with Crippen LogP contribution in [0.3, 0.4) is 0 Å². The molecule has 0 saturated heterocycles. The molecule has 0 radical (unpaired) electrons. The van der Waals surface area contributed by atoms with Gasteiger partial charge in [0.25, 0.3) is 0 Å². The molecule has 1 atom stereocenters. The van der Waals surface area contributed by atoms with E-state index in [9.17, 15) is 5.11 Å². The number of aliphatic hydroxyl groups is 2. The van der Waals surface area contributed by atoms with Gasteiger partial charge in [-0.2, -0.15) is 0 Å². The van der Waals surface area contributed by atoms with Gasteiger partial charge in [0.15, 0.2) is 0 Å². The Bertz CT molecular complexity index is 311. The van der Waals surface area contributed by atoms with Crippen LogP contribution in [0.1, 0.15) is 155 Å². The van der Waals surface area contributed by atoms with Crippen LogP contribution in [-0.2, 0) is 0 Å². The van der Waals surface area contributed by atoms with Crippen LogP contribution in [0.15, 0.2) is 0 Å². The SMILES string of the molecule is CCCCCCCCCCCCCCCCCCCCCCCCC(CO)NCCO. The molecule has 0 aliphatic heterocycles. The average molecular weight is 442 g/mol. The van der Waals surface area contributed by atoms with Gasteiger partial charge in [0.1, 0.15) is 0 Å². The number of hydrogen-bond acceptors (Lipinski definition) is 3. The fourth-order valence-corrected chi connectivity index (χ4v) is 4.53. The maximum absolute atomic E-state index is 9.28. The Balaban J connectivity index is 3.09. The molecule has 0 aliphatic rings. The summed E-state index contributed by atoms with van der Waals surface area (Å²) in [5, 5.41) is 21.3. The van der Waals surface area contributed by atoms with Crippen molar-refractivity contribution in [3.8, 4) is 0 Å². The third-order valence-corrected chi connectivity index (χ3v) is 6.67. The Labute approximate surface area is 196 Å². The normalized spacial score (nSPS) is 12.5. The van der Waals surface area contributed by atoms with Gasteiger partial charge in [0, 0.05) is 12.6 Å². The van der Waals surface area contributed by atoms with E-state index in [0.29, 0.717) is 6.54 Å². The first-order chi connectivity index (χ1) is 15.3. The quantitative estimate of drug-likeness (QED) is 0.113. The molecular formula is C28H59NO2. The zero-order valence-corrected chi connectivity index (χ0v) is 21.4. The Morgan fingerprint density at radius 2 is 0.806 bits per heavy atom. The number of unbranched alkanes of at least 4 members (excludes halogenated alkanes) is 21. The van der Waals surface area contributed by atoms with E-state index in [1.165, 1.54) is 141 Å². The lowest BCUT2D eigenvalue weighted by molar-refractivity contribution is 0.217. The van der Waals surface area contributed by atoms with E-state index in [-0.39, 0.29) is 19.3 Å². The minimum absolute atomic E-state index is 0.149. The Hall–Kier alpha value is -0.120. The van der Waals surface area contributed by atoms with Crippen LogP contribution in [0.2, 0.25) is 0 Å². The van der Waals surface area contributed by atoms with E-state index >= 15 is 0 Å². The van der Waals surface area contributed by atoms with E-state index in [1.807, 2.05) is 0 Å². The number of hydrogen-bond donors (Lipinski definition) is 3. The fraction of sp³-hybridized carbons (Fsp3) is 1.00. The Morgan fingerprint density at radius 1 is 0.484 bits per heavy atom. The minimum atomic E-state index is 0.149. The summed E-state index contributed by atoms with van der Waals surface area (Å²) in [6.45, 7) is 3.21. The second-order valence-corrected chi connectivity index (χ2v) is 9.77. The molecule has 1 unspecified atom stereocenters. The molecule has 0 aromatic heterocycles. The van der Waals surface area contributed by atoms with Gasteiger partial charge >= 0.3 is 0 Å². The van der Waals surface area contributed by atoms with Crippen molar-refractivity contribution in [3.63, 3.8) is 0 Å². The standard InChI is InChI=1S/C28H59NO2/c1-2-3-4-5-6-7-8-9-10-11-12-13-14-15-16-17-18-19-20-21-22-23-24-28(27-31)29-25-26-30/h28-31H,2-27H2,1H3. The molecule has 3 heteroatoms. The van der Waals surface area contributed by atoms with Crippen LogP contribution in [0.4, 0.5) is 0 Å². The van der Waals surface area contributed by atoms with Crippen molar-refractivity contribution in [2.24, 2.45) is 0 Å². The predicted octanol–water partition coefficient (Wildman–Crippen LogP) is 7.92. The van der Waals surface area contributed by atoms with E-state index in [4.69, 9.17) is 5.11 Å². The lowest BCUT2D eigenvalue weighted by Crippen LogP contribution is -2.34. The van der Waals surface area contributed by atoms with Crippen molar-refractivity contribution in [2.75, 3.05) is 19.8 Å². The lowest BCUT2D eigenvalue weighted by Gasteiger charge is -2.15. The van der Waals surface area contributed by atoms with E-state index in [1.54, 1.807) is 0 Å². The molecule has 0 bridgehead atoms. The largest absolute Gasteiger partial charge is 0.395 e. The number of aliphatic hydroxyl groups excluding tert-OH is 2. The molecule has 0 rings (SSSR count). The summed E-state index contributed by atoms with van der Waals surface area (Å²) in [6, 6.07) is 0.164. The third kappa shape index (κ3) is 26.0. The highest BCUT2D eigenvalue weighted by Crippen LogP contribution is 2.15. The highest BCUT2D eigenvalue weighted by atomic mass is 16.3. The topological polar surface area (TPSA) is 52.5 Å². The lowest BCUT2D eigenvalue weighted by atomic mass is 10.0. The molecular weight excluding hydrogens is 382 g/mol. The summed E-state index contributed by atoms with van der Waals surface area (Å²) >= 11 is 0. The molecule has 31 heavy (non-hydrogen) atoms. The van der Waals surface area contributed by atoms with Crippen LogP contribution in [0.25, 0.3) is 0 Å². The van der Waals surface area contributed by atoms with Crippen LogP contribution in [-0.4, -0.2) is 36.0 Å². The van der Waals surface area contributed by atoms with Gasteiger partial charge in [-0.05, 0) is 6.42 Å². The molecule has 0 amide bonds. The maximum atomic E-state index is 9.28. The number of nitrogens with one attached hydrogen (secondary N) is 1. The van der Waals surface area contributed by atoms with Gasteiger partial charge in [-0.15, -0.1) is 0 Å². The molecule has 0 saturated carbocycles. The first-order valence-electron chi connectivity index (χ1n) is 14.3. The molecule has 0 heterocycles. The van der Waals surface area contributed by atoms with E-state index in [2.05, 4.69) is 12.2 Å². The average Bonchev–Trinajstić information content (AvgIpc) is 2.79. The zero-order chi connectivity index (χ0) is 22.7. The molecule has 0 aromatic carbocycles. The van der Waals surface area contributed by atoms with Gasteiger partial charge in [0.2, 0.25) is 0 Å². The van der Waals surface area contributed by atoms with Crippen molar-refractivity contribution in [3.05, 3.63) is 0 Å². The number of rotatable bonds is 27. The van der Waals surface area contributed by atoms with Crippen LogP contribution in [0.5, 0.6) is 0 Å². The van der Waals surface area contributed by atoms with Crippen LogP contribution < -0.4 is 5.32 Å². The van der Waals surface area contributed by atoms with E-state index in [0.717, 1.165) is 6.42 Å². The van der Waals surface area contributed by atoms with Crippen molar-refractivity contribution in [1.29, 1.82) is 0 Å². The maximum Gasteiger partial charge on any atom is 0.0584 e. The summed E-state index contributed by atoms with van der Waals surface area (Å²) in [5.41, 5.74) is 0. The zero-order valence-electron chi connectivity index (χ0n) is 21.4. The summed E-state index contributed by atoms with van der Waals surface area (Å²) < 4.78 is 0. The second-order valence-electron chi connectivity index (χ2n) is 9.77. The molecule has 0 fully saturated rings. The molecule has 188 valence electrons. The smallest absolute Gasteiger partial charge is 0.0584 e. The van der Waals surface area contributed by atoms with Gasteiger partial charge in [-0.3, -0.25) is 0 Å². The van der Waals surface area contributed by atoms with Crippen LogP contribution >= 0.6 is 0 Å². The second kappa shape index (κ2) is 27.9. The summed E-state index contributed by atoms with van der Waals surface area (Å²) in [4.78, 5) is 0. The molecule has 0 aromatic rings.